The quantitative estimate of drug-likeness (QED) is 0.389. The maximum absolute atomic E-state index is 13.9. The molecule has 0 aliphatic carbocycles. The molecule has 4 heteroatoms. The normalized spacial score (nSPS) is 16.3. The summed E-state index contributed by atoms with van der Waals surface area (Å²) in [6, 6.07) is 25.1. The van der Waals surface area contributed by atoms with Crippen molar-refractivity contribution in [3.8, 4) is 0 Å². The van der Waals surface area contributed by atoms with Gasteiger partial charge in [-0.3, -0.25) is 4.79 Å². The molecule has 1 heterocycles. The molecule has 0 bridgehead atoms. The van der Waals surface area contributed by atoms with Gasteiger partial charge in [0.05, 0.1) is 11.6 Å². The molecule has 37 heavy (non-hydrogen) atoms. The Bertz CT molecular complexity index is 1080. The second kappa shape index (κ2) is 14.5. The summed E-state index contributed by atoms with van der Waals surface area (Å²) >= 11 is 0. The number of benzene rings is 3. The molecule has 198 valence electrons. The molecule has 1 aliphatic heterocycles. The number of halogens is 1. The molecule has 0 aromatic heterocycles. The summed E-state index contributed by atoms with van der Waals surface area (Å²) in [5.74, 6) is 0.394. The van der Waals surface area contributed by atoms with Crippen LogP contribution >= 0.6 is 0 Å². The predicted octanol–water partition coefficient (Wildman–Crippen LogP) is 8.29. The first-order chi connectivity index (χ1) is 17.5. The van der Waals surface area contributed by atoms with E-state index in [1.807, 2.05) is 57.2 Å². The highest BCUT2D eigenvalue weighted by Gasteiger charge is 2.31. The Morgan fingerprint density at radius 2 is 1.54 bits per heavy atom. The van der Waals surface area contributed by atoms with Gasteiger partial charge in [-0.2, -0.15) is 0 Å². The van der Waals surface area contributed by atoms with Crippen LogP contribution in [-0.2, 0) is 9.53 Å². The Hall–Kier alpha value is -3.24. The molecule has 0 spiro atoms. The van der Waals surface area contributed by atoms with Gasteiger partial charge >= 0.3 is 0 Å². The zero-order valence-corrected chi connectivity index (χ0v) is 23.2. The molecule has 4 rings (SSSR count). The number of rotatable bonds is 4. The zero-order valence-electron chi connectivity index (χ0n) is 23.2. The van der Waals surface area contributed by atoms with Gasteiger partial charge in [-0.15, -0.1) is 0 Å². The lowest BCUT2D eigenvalue weighted by Gasteiger charge is -2.26. The van der Waals surface area contributed by atoms with Crippen molar-refractivity contribution in [2.45, 2.75) is 66.0 Å². The lowest BCUT2D eigenvalue weighted by molar-refractivity contribution is -0.128. The average Bonchev–Trinajstić information content (AvgIpc) is 3.03. The van der Waals surface area contributed by atoms with E-state index < -0.39 is 5.60 Å². The number of nitrogens with one attached hydrogen (secondary N) is 1. The van der Waals surface area contributed by atoms with Crippen LogP contribution in [0.5, 0.6) is 0 Å². The molecule has 0 radical (unpaired) electrons. The molecule has 1 saturated heterocycles. The van der Waals surface area contributed by atoms with Crippen LogP contribution in [0.15, 0.2) is 85.4 Å². The van der Waals surface area contributed by atoms with Gasteiger partial charge in [0.15, 0.2) is 0 Å². The fraction of sp³-hybridized carbons (Fsp3) is 0.364. The third-order valence-corrected chi connectivity index (χ3v) is 6.21. The SMILES string of the molecule is C=C(c1ccccc1)c1ccccc1.CCC(C)C.Cc1ccc(F)c(C2CC(C)(C)OCC(=O)N2)c1. The summed E-state index contributed by atoms with van der Waals surface area (Å²) in [5.41, 5.74) is 4.49. The van der Waals surface area contributed by atoms with Crippen LogP contribution in [0.3, 0.4) is 0 Å². The summed E-state index contributed by atoms with van der Waals surface area (Å²) in [6.45, 7) is 16.5. The van der Waals surface area contributed by atoms with E-state index in [4.69, 9.17) is 4.74 Å². The highest BCUT2D eigenvalue weighted by Crippen LogP contribution is 2.30. The minimum absolute atomic E-state index is 0.0247. The van der Waals surface area contributed by atoms with E-state index >= 15 is 0 Å². The van der Waals surface area contributed by atoms with Gasteiger partial charge in [-0.25, -0.2) is 4.39 Å². The smallest absolute Gasteiger partial charge is 0.246 e. The second-order valence-corrected chi connectivity index (χ2v) is 10.4. The minimum atomic E-state index is -0.444. The lowest BCUT2D eigenvalue weighted by atomic mass is 9.93. The van der Waals surface area contributed by atoms with Gasteiger partial charge in [0.1, 0.15) is 12.4 Å². The number of carbonyl (C=O) groups is 1. The summed E-state index contributed by atoms with van der Waals surface area (Å²) < 4.78 is 19.4. The van der Waals surface area contributed by atoms with Crippen LogP contribution in [0.4, 0.5) is 4.39 Å². The number of ether oxygens (including phenoxy) is 1. The van der Waals surface area contributed by atoms with E-state index in [9.17, 15) is 9.18 Å². The van der Waals surface area contributed by atoms with E-state index in [1.54, 1.807) is 12.1 Å². The number of hydrogen-bond acceptors (Lipinski definition) is 2. The Balaban J connectivity index is 0.000000225. The first-order valence-electron chi connectivity index (χ1n) is 13.0. The van der Waals surface area contributed by atoms with Crippen molar-refractivity contribution < 1.29 is 13.9 Å². The summed E-state index contributed by atoms with van der Waals surface area (Å²) in [7, 11) is 0. The van der Waals surface area contributed by atoms with Gasteiger partial charge in [0, 0.05) is 12.0 Å². The monoisotopic (exact) mass is 503 g/mol. The van der Waals surface area contributed by atoms with E-state index in [0.717, 1.165) is 17.1 Å². The van der Waals surface area contributed by atoms with Crippen molar-refractivity contribution in [3.05, 3.63) is 114 Å². The van der Waals surface area contributed by atoms with Gasteiger partial charge in [-0.05, 0) is 49.5 Å². The molecule has 1 aliphatic rings. The van der Waals surface area contributed by atoms with Gasteiger partial charge in [0.2, 0.25) is 5.91 Å². The van der Waals surface area contributed by atoms with Crippen molar-refractivity contribution in [2.24, 2.45) is 5.92 Å². The number of carbonyl (C=O) groups excluding carboxylic acids is 1. The summed E-state index contributed by atoms with van der Waals surface area (Å²) in [6.07, 6.45) is 1.86. The fourth-order valence-corrected chi connectivity index (χ4v) is 3.66. The number of aryl methyl sites for hydroxylation is 1. The zero-order chi connectivity index (χ0) is 27.4. The van der Waals surface area contributed by atoms with Crippen LogP contribution in [-0.4, -0.2) is 18.1 Å². The van der Waals surface area contributed by atoms with Crippen LogP contribution in [0, 0.1) is 18.7 Å². The molecule has 1 amide bonds. The Kier molecular flexibility index (Phi) is 11.7. The van der Waals surface area contributed by atoms with Crippen LogP contribution < -0.4 is 5.32 Å². The first kappa shape index (κ1) is 30.0. The first-order valence-corrected chi connectivity index (χ1v) is 13.0. The Morgan fingerprint density at radius 3 is 2.03 bits per heavy atom. The second-order valence-electron chi connectivity index (χ2n) is 10.4. The van der Waals surface area contributed by atoms with Gasteiger partial charge in [-0.1, -0.05) is 112 Å². The molecule has 3 nitrogen and oxygen atoms in total. The van der Waals surface area contributed by atoms with Crippen molar-refractivity contribution in [1.29, 1.82) is 0 Å². The van der Waals surface area contributed by atoms with Crippen LogP contribution in [0.2, 0.25) is 0 Å². The van der Waals surface area contributed by atoms with Gasteiger partial charge in [0.25, 0.3) is 0 Å². The summed E-state index contributed by atoms with van der Waals surface area (Å²) in [4.78, 5) is 11.6. The van der Waals surface area contributed by atoms with E-state index in [-0.39, 0.29) is 24.4 Å². The lowest BCUT2D eigenvalue weighted by Crippen LogP contribution is -2.30. The molecule has 0 saturated carbocycles. The molecule has 1 fully saturated rings. The van der Waals surface area contributed by atoms with Crippen molar-refractivity contribution in [3.63, 3.8) is 0 Å². The molecular formula is C33H42FNO2. The molecule has 1 N–H and O–H groups in total. The van der Waals surface area contributed by atoms with E-state index in [0.29, 0.717) is 12.0 Å². The predicted molar refractivity (Wildman–Crippen MR) is 153 cm³/mol. The van der Waals surface area contributed by atoms with E-state index in [1.165, 1.54) is 23.6 Å². The Morgan fingerprint density at radius 1 is 1.03 bits per heavy atom. The van der Waals surface area contributed by atoms with Crippen LogP contribution in [0.1, 0.15) is 75.8 Å². The fourth-order valence-electron chi connectivity index (χ4n) is 3.66. The molecule has 1 unspecified atom stereocenters. The topological polar surface area (TPSA) is 38.3 Å². The molecular weight excluding hydrogens is 461 g/mol. The number of amides is 1. The highest BCUT2D eigenvalue weighted by atomic mass is 19.1. The largest absolute Gasteiger partial charge is 0.366 e. The van der Waals surface area contributed by atoms with Gasteiger partial charge < -0.3 is 10.1 Å². The maximum Gasteiger partial charge on any atom is 0.246 e. The Labute approximate surface area is 222 Å². The van der Waals surface area contributed by atoms with Crippen molar-refractivity contribution in [1.82, 2.24) is 5.32 Å². The van der Waals surface area contributed by atoms with E-state index in [2.05, 4.69) is 56.9 Å². The highest BCUT2D eigenvalue weighted by molar-refractivity contribution is 5.78. The molecule has 1 atom stereocenters. The van der Waals surface area contributed by atoms with Crippen molar-refractivity contribution >= 4 is 11.5 Å². The average molecular weight is 504 g/mol. The maximum atomic E-state index is 13.9. The molecule has 3 aromatic carbocycles. The van der Waals surface area contributed by atoms with Crippen LogP contribution in [0.25, 0.3) is 5.57 Å². The minimum Gasteiger partial charge on any atom is -0.366 e. The summed E-state index contributed by atoms with van der Waals surface area (Å²) in [5, 5.41) is 2.81. The third kappa shape index (κ3) is 10.3. The number of hydrogen-bond donors (Lipinski definition) is 1. The molecule has 3 aromatic rings. The standard InChI is InChI=1S/C14H18FNO2.C14H12.C5H12/c1-9-4-5-11(15)10(6-9)12-7-14(2,3)18-8-13(17)16-12;1-12(13-8-4-2-5-9-13)14-10-6-3-7-11-14;1-4-5(2)3/h4-6,12H,7-8H2,1-3H3,(H,16,17);2-11H,1H2;5H,4H2,1-3H3. The third-order valence-electron chi connectivity index (χ3n) is 6.21. The van der Waals surface area contributed by atoms with Crippen molar-refractivity contribution in [2.75, 3.05) is 6.61 Å².